The molecule has 1 aromatic heterocycles. The Kier molecular flexibility index (Phi) is 4.32. The Hall–Kier alpha value is -3.71. The van der Waals surface area contributed by atoms with Gasteiger partial charge >= 0.3 is 0 Å². The first kappa shape index (κ1) is 18.6. The third kappa shape index (κ3) is 3.01. The summed E-state index contributed by atoms with van der Waals surface area (Å²) in [4.78, 5) is 49.3. The van der Waals surface area contributed by atoms with Crippen molar-refractivity contribution in [2.75, 3.05) is 5.73 Å². The molecule has 1 aliphatic rings. The zero-order valence-electron chi connectivity index (χ0n) is 15.2. The third-order valence-electron chi connectivity index (χ3n) is 4.72. The lowest BCUT2D eigenvalue weighted by molar-refractivity contribution is 0.0879. The molecule has 0 spiro atoms. The Morgan fingerprint density at radius 3 is 2.31 bits per heavy atom. The van der Waals surface area contributed by atoms with E-state index in [1.165, 1.54) is 12.1 Å². The van der Waals surface area contributed by atoms with Crippen LogP contribution in [-0.4, -0.2) is 22.2 Å². The van der Waals surface area contributed by atoms with E-state index in [1.54, 1.807) is 18.2 Å². The van der Waals surface area contributed by atoms with E-state index in [0.717, 1.165) is 16.2 Å². The van der Waals surface area contributed by atoms with E-state index in [4.69, 9.17) is 17.3 Å². The predicted molar refractivity (Wildman–Crippen MR) is 108 cm³/mol. The number of pyridine rings is 1. The first-order valence-corrected chi connectivity index (χ1v) is 8.98. The smallest absolute Gasteiger partial charge is 0.262 e. The van der Waals surface area contributed by atoms with Crippen LogP contribution in [0.15, 0.2) is 53.3 Å². The van der Waals surface area contributed by atoms with Gasteiger partial charge in [-0.15, -0.1) is 0 Å². The maximum absolute atomic E-state index is 12.8. The summed E-state index contributed by atoms with van der Waals surface area (Å²) in [5, 5.41) is 2.26. The van der Waals surface area contributed by atoms with Crippen LogP contribution >= 0.6 is 11.6 Å². The summed E-state index contributed by atoms with van der Waals surface area (Å²) < 4.78 is 1.02. The average molecular weight is 408 g/mol. The van der Waals surface area contributed by atoms with E-state index in [0.29, 0.717) is 11.1 Å². The number of aromatic nitrogens is 1. The zero-order valence-corrected chi connectivity index (χ0v) is 15.9. The minimum absolute atomic E-state index is 0.0863. The fraction of sp³-hybridized carbons (Fsp3) is 0.0476. The highest BCUT2D eigenvalue weighted by molar-refractivity contribution is 6.32. The van der Waals surface area contributed by atoms with Gasteiger partial charge in [-0.3, -0.25) is 29.1 Å². The van der Waals surface area contributed by atoms with Crippen LogP contribution in [-0.2, 0) is 0 Å². The average Bonchev–Trinajstić information content (AvgIpc) is 2.96. The first-order chi connectivity index (χ1) is 13.8. The molecule has 7 nitrogen and oxygen atoms in total. The van der Waals surface area contributed by atoms with Crippen molar-refractivity contribution in [3.05, 3.63) is 91.7 Å². The highest BCUT2D eigenvalue weighted by atomic mass is 35.5. The monoisotopic (exact) mass is 407 g/mol. The fourth-order valence-corrected chi connectivity index (χ4v) is 3.43. The van der Waals surface area contributed by atoms with E-state index in [9.17, 15) is 19.2 Å². The summed E-state index contributed by atoms with van der Waals surface area (Å²) in [7, 11) is 0. The molecule has 3 aromatic rings. The molecule has 2 amide bonds. The van der Waals surface area contributed by atoms with Gasteiger partial charge < -0.3 is 5.73 Å². The van der Waals surface area contributed by atoms with Crippen molar-refractivity contribution in [3.63, 3.8) is 0 Å². The van der Waals surface area contributed by atoms with Crippen LogP contribution in [0.3, 0.4) is 0 Å². The number of nitrogen functional groups attached to an aromatic ring is 1. The summed E-state index contributed by atoms with van der Waals surface area (Å²) in [6.07, 6.45) is 0. The molecule has 0 atom stereocenters. The lowest BCUT2D eigenvalue weighted by Crippen LogP contribution is -2.24. The summed E-state index contributed by atoms with van der Waals surface area (Å²) in [5.74, 6) is -1.86. The lowest BCUT2D eigenvalue weighted by atomic mass is 10.0. The molecule has 0 saturated heterocycles. The van der Waals surface area contributed by atoms with Crippen LogP contribution in [0.5, 0.6) is 0 Å². The molecule has 0 radical (unpaired) electrons. The van der Waals surface area contributed by atoms with Crippen molar-refractivity contribution in [3.8, 4) is 5.69 Å². The van der Waals surface area contributed by atoms with E-state index in [1.807, 2.05) is 19.1 Å². The molecule has 8 heteroatoms. The molecular formula is C21H14ClN3O4. The van der Waals surface area contributed by atoms with Crippen molar-refractivity contribution >= 4 is 35.0 Å². The number of amides is 2. The number of carbonyl (C=O) groups excluding carboxylic acids is 3. The topological polar surface area (TPSA) is 111 Å². The SMILES string of the molecule is Cc1ccc(C(=O)c2ccc(Cl)c(-n3c(N)c4c(cc3=O)C(=O)NC4=O)c2)cc1. The predicted octanol–water partition coefficient (Wildman–Crippen LogP) is 2.50. The molecule has 4 rings (SSSR count). The first-order valence-electron chi connectivity index (χ1n) is 8.60. The molecule has 2 heterocycles. The number of nitrogens with zero attached hydrogens (tertiary/aromatic N) is 1. The number of hydrogen-bond donors (Lipinski definition) is 2. The number of anilines is 1. The second kappa shape index (κ2) is 6.72. The maximum atomic E-state index is 12.8. The zero-order chi connectivity index (χ0) is 20.9. The van der Waals surface area contributed by atoms with Crippen molar-refractivity contribution in [2.45, 2.75) is 6.92 Å². The van der Waals surface area contributed by atoms with Crippen molar-refractivity contribution in [1.29, 1.82) is 0 Å². The molecule has 0 unspecified atom stereocenters. The molecule has 0 fully saturated rings. The molecule has 3 N–H and O–H groups in total. The number of halogens is 1. The van der Waals surface area contributed by atoms with Crippen molar-refractivity contribution in [1.82, 2.24) is 9.88 Å². The fourth-order valence-electron chi connectivity index (χ4n) is 3.22. The number of imide groups is 1. The number of nitrogens with one attached hydrogen (secondary N) is 1. The minimum Gasteiger partial charge on any atom is -0.384 e. The largest absolute Gasteiger partial charge is 0.384 e. The van der Waals surface area contributed by atoms with Crippen LogP contribution < -0.4 is 16.6 Å². The molecule has 1 aliphatic heterocycles. The highest BCUT2D eigenvalue weighted by Crippen LogP contribution is 2.28. The number of aryl methyl sites for hydroxylation is 1. The number of ketones is 1. The van der Waals surface area contributed by atoms with Gasteiger partial charge in [0.2, 0.25) is 0 Å². The van der Waals surface area contributed by atoms with E-state index < -0.39 is 17.4 Å². The number of carbonyl (C=O) groups is 3. The summed E-state index contributed by atoms with van der Waals surface area (Å²) >= 11 is 6.27. The van der Waals surface area contributed by atoms with Gasteiger partial charge in [0.1, 0.15) is 5.82 Å². The molecule has 2 aromatic carbocycles. The van der Waals surface area contributed by atoms with Crippen molar-refractivity contribution in [2.24, 2.45) is 0 Å². The van der Waals surface area contributed by atoms with E-state index in [2.05, 4.69) is 5.32 Å². The van der Waals surface area contributed by atoms with Gasteiger partial charge in [-0.2, -0.15) is 0 Å². The molecule has 0 aliphatic carbocycles. The molecule has 144 valence electrons. The third-order valence-corrected chi connectivity index (χ3v) is 5.04. The highest BCUT2D eigenvalue weighted by Gasteiger charge is 2.32. The van der Waals surface area contributed by atoms with Gasteiger partial charge in [-0.05, 0) is 25.1 Å². The molecule has 29 heavy (non-hydrogen) atoms. The minimum atomic E-state index is -0.695. The molecular weight excluding hydrogens is 394 g/mol. The van der Waals surface area contributed by atoms with Crippen LogP contribution in [0, 0.1) is 6.92 Å². The van der Waals surface area contributed by atoms with Gasteiger partial charge in [0.15, 0.2) is 5.78 Å². The lowest BCUT2D eigenvalue weighted by Gasteiger charge is -2.14. The number of hydrogen-bond acceptors (Lipinski definition) is 5. The van der Waals surface area contributed by atoms with Crippen molar-refractivity contribution < 1.29 is 14.4 Å². The normalized spacial score (nSPS) is 12.6. The second-order valence-corrected chi connectivity index (χ2v) is 7.04. The summed E-state index contributed by atoms with van der Waals surface area (Å²) in [6, 6.07) is 12.5. The van der Waals surface area contributed by atoms with Gasteiger partial charge in [-0.25, -0.2) is 0 Å². The second-order valence-electron chi connectivity index (χ2n) is 6.64. The Bertz CT molecular complexity index is 1280. The van der Waals surface area contributed by atoms with Crippen LogP contribution in [0.2, 0.25) is 5.02 Å². The quantitative estimate of drug-likeness (QED) is 0.512. The van der Waals surface area contributed by atoms with Gasteiger partial charge in [0.05, 0.1) is 21.8 Å². The van der Waals surface area contributed by atoms with Gasteiger partial charge in [0, 0.05) is 17.2 Å². The van der Waals surface area contributed by atoms with E-state index >= 15 is 0 Å². The molecule has 0 saturated carbocycles. The number of benzene rings is 2. The van der Waals surface area contributed by atoms with Crippen LogP contribution in [0.4, 0.5) is 5.82 Å². The summed E-state index contributed by atoms with van der Waals surface area (Å²) in [5.41, 5.74) is 7.15. The summed E-state index contributed by atoms with van der Waals surface area (Å²) in [6.45, 7) is 1.92. The number of fused-ring (bicyclic) bond motifs is 1. The Morgan fingerprint density at radius 1 is 0.966 bits per heavy atom. The van der Waals surface area contributed by atoms with Crippen LogP contribution in [0.25, 0.3) is 5.69 Å². The Balaban J connectivity index is 1.88. The Labute approximate surface area is 169 Å². The van der Waals surface area contributed by atoms with Gasteiger partial charge in [-0.1, -0.05) is 41.4 Å². The van der Waals surface area contributed by atoms with Gasteiger partial charge in [0.25, 0.3) is 17.4 Å². The van der Waals surface area contributed by atoms with Crippen LogP contribution in [0.1, 0.15) is 42.2 Å². The standard InChI is InChI=1S/C21H14ClN3O4/c1-10-2-4-11(5-3-10)18(27)12-6-7-14(22)15(8-12)25-16(26)9-13-17(19(25)23)21(29)24-20(13)28/h2-9H,23H2,1H3,(H,24,28,29). The van der Waals surface area contributed by atoms with E-state index in [-0.39, 0.29) is 33.4 Å². The molecule has 0 bridgehead atoms. The Morgan fingerprint density at radius 2 is 1.62 bits per heavy atom. The number of rotatable bonds is 3. The number of nitrogens with two attached hydrogens (primary N) is 1. The maximum Gasteiger partial charge on any atom is 0.262 e.